The summed E-state index contributed by atoms with van der Waals surface area (Å²) in [7, 11) is 0. The number of benzene rings is 1. The highest BCUT2D eigenvalue weighted by Crippen LogP contribution is 2.30. The van der Waals surface area contributed by atoms with Crippen LogP contribution in [0.4, 0.5) is 13.2 Å². The second-order valence-corrected chi connectivity index (χ2v) is 6.01. The molecular weight excluding hydrogens is 323 g/mol. The van der Waals surface area contributed by atoms with Crippen LogP contribution in [0, 0.1) is 0 Å². The second-order valence-electron chi connectivity index (χ2n) is 6.01. The predicted octanol–water partition coefficient (Wildman–Crippen LogP) is 3.36. The van der Waals surface area contributed by atoms with Crippen LogP contribution >= 0.6 is 0 Å². The molecule has 1 aliphatic heterocycles. The van der Waals surface area contributed by atoms with Crippen molar-refractivity contribution in [2.75, 3.05) is 13.2 Å². The third-order valence-corrected chi connectivity index (χ3v) is 4.01. The van der Waals surface area contributed by atoms with Crippen molar-refractivity contribution in [2.45, 2.75) is 38.7 Å². The van der Waals surface area contributed by atoms with Crippen LogP contribution in [0.2, 0.25) is 0 Å². The van der Waals surface area contributed by atoms with E-state index in [9.17, 15) is 13.2 Å². The largest absolute Gasteiger partial charge is 0.416 e. The summed E-state index contributed by atoms with van der Waals surface area (Å²) in [6, 6.07) is 4.95. The lowest BCUT2D eigenvalue weighted by Gasteiger charge is -2.35. The van der Waals surface area contributed by atoms with Crippen molar-refractivity contribution >= 4 is 0 Å². The number of alkyl halides is 3. The van der Waals surface area contributed by atoms with Gasteiger partial charge in [0.1, 0.15) is 0 Å². The van der Waals surface area contributed by atoms with E-state index in [0.29, 0.717) is 24.6 Å². The summed E-state index contributed by atoms with van der Waals surface area (Å²) < 4.78 is 48.6. The van der Waals surface area contributed by atoms with Gasteiger partial charge in [0.25, 0.3) is 0 Å². The van der Waals surface area contributed by atoms with Crippen molar-refractivity contribution in [3.05, 3.63) is 35.7 Å². The summed E-state index contributed by atoms with van der Waals surface area (Å²) in [4.78, 5) is 6.46. The van der Waals surface area contributed by atoms with Crippen LogP contribution < -0.4 is 0 Å². The SMILES string of the molecule is C[C@@H]1CO[C@@H](C)CN1Cc1nc(-c2ccc(C(F)(F)F)cc2)no1. The molecule has 130 valence electrons. The van der Waals surface area contributed by atoms with E-state index in [1.807, 2.05) is 6.92 Å². The van der Waals surface area contributed by atoms with Crippen LogP contribution in [0.15, 0.2) is 28.8 Å². The number of aromatic nitrogens is 2. The number of ether oxygens (including phenoxy) is 1. The van der Waals surface area contributed by atoms with Gasteiger partial charge in [-0.25, -0.2) is 0 Å². The Labute approximate surface area is 137 Å². The van der Waals surface area contributed by atoms with E-state index in [0.717, 1.165) is 18.7 Å². The van der Waals surface area contributed by atoms with Crippen LogP contribution in [-0.2, 0) is 17.5 Å². The Kier molecular flexibility index (Phi) is 4.60. The molecule has 0 unspecified atom stereocenters. The van der Waals surface area contributed by atoms with Gasteiger partial charge in [-0.15, -0.1) is 0 Å². The molecule has 2 heterocycles. The zero-order chi connectivity index (χ0) is 17.3. The summed E-state index contributed by atoms with van der Waals surface area (Å²) in [6.07, 6.45) is -4.22. The summed E-state index contributed by atoms with van der Waals surface area (Å²) in [5.41, 5.74) is -0.215. The predicted molar refractivity (Wildman–Crippen MR) is 80.0 cm³/mol. The van der Waals surface area contributed by atoms with E-state index in [1.165, 1.54) is 12.1 Å². The summed E-state index contributed by atoms with van der Waals surface area (Å²) in [6.45, 7) is 5.95. The molecule has 1 saturated heterocycles. The van der Waals surface area contributed by atoms with Crippen molar-refractivity contribution in [1.29, 1.82) is 0 Å². The molecule has 1 aromatic carbocycles. The molecule has 0 radical (unpaired) electrons. The van der Waals surface area contributed by atoms with Gasteiger partial charge in [-0.3, -0.25) is 4.90 Å². The lowest BCUT2D eigenvalue weighted by Crippen LogP contribution is -2.46. The van der Waals surface area contributed by atoms with Crippen LogP contribution in [0.3, 0.4) is 0 Å². The van der Waals surface area contributed by atoms with Crippen molar-refractivity contribution in [3.63, 3.8) is 0 Å². The Morgan fingerprint density at radius 2 is 1.92 bits per heavy atom. The maximum absolute atomic E-state index is 12.6. The zero-order valence-electron chi connectivity index (χ0n) is 13.4. The molecule has 1 aromatic heterocycles. The van der Waals surface area contributed by atoms with Gasteiger partial charge in [0.2, 0.25) is 11.7 Å². The first kappa shape index (κ1) is 16.9. The molecule has 2 aromatic rings. The minimum absolute atomic E-state index is 0.138. The first-order valence-corrected chi connectivity index (χ1v) is 7.69. The fourth-order valence-electron chi connectivity index (χ4n) is 2.61. The molecule has 0 spiro atoms. The van der Waals surface area contributed by atoms with Gasteiger partial charge < -0.3 is 9.26 Å². The number of morpholine rings is 1. The quantitative estimate of drug-likeness (QED) is 0.857. The molecule has 1 fully saturated rings. The Morgan fingerprint density at radius 1 is 1.21 bits per heavy atom. The number of hydrogen-bond acceptors (Lipinski definition) is 5. The molecule has 0 saturated carbocycles. The molecule has 0 aliphatic carbocycles. The Bertz CT molecular complexity index is 685. The van der Waals surface area contributed by atoms with Crippen LogP contribution in [0.5, 0.6) is 0 Å². The van der Waals surface area contributed by atoms with E-state index < -0.39 is 11.7 Å². The van der Waals surface area contributed by atoms with Crippen LogP contribution in [0.1, 0.15) is 25.3 Å². The molecule has 8 heteroatoms. The lowest BCUT2D eigenvalue weighted by atomic mass is 10.1. The van der Waals surface area contributed by atoms with Crippen molar-refractivity contribution in [2.24, 2.45) is 0 Å². The fourth-order valence-corrected chi connectivity index (χ4v) is 2.61. The highest BCUT2D eigenvalue weighted by Gasteiger charge is 2.30. The van der Waals surface area contributed by atoms with Gasteiger partial charge >= 0.3 is 6.18 Å². The van der Waals surface area contributed by atoms with Gasteiger partial charge in [0.05, 0.1) is 24.8 Å². The van der Waals surface area contributed by atoms with Crippen molar-refractivity contribution < 1.29 is 22.4 Å². The molecule has 5 nitrogen and oxygen atoms in total. The number of nitrogens with zero attached hydrogens (tertiary/aromatic N) is 3. The highest BCUT2D eigenvalue weighted by atomic mass is 19.4. The topological polar surface area (TPSA) is 51.4 Å². The number of halogens is 3. The number of hydrogen-bond donors (Lipinski definition) is 0. The third-order valence-electron chi connectivity index (χ3n) is 4.01. The average molecular weight is 341 g/mol. The van der Waals surface area contributed by atoms with E-state index in [1.54, 1.807) is 0 Å². The minimum Gasteiger partial charge on any atom is -0.376 e. The van der Waals surface area contributed by atoms with Gasteiger partial charge in [0.15, 0.2) is 0 Å². The highest BCUT2D eigenvalue weighted by molar-refractivity contribution is 5.54. The zero-order valence-corrected chi connectivity index (χ0v) is 13.4. The Morgan fingerprint density at radius 3 is 2.58 bits per heavy atom. The molecule has 1 aliphatic rings. The van der Waals surface area contributed by atoms with Gasteiger partial charge in [-0.2, -0.15) is 18.2 Å². The molecule has 0 amide bonds. The maximum atomic E-state index is 12.6. The van der Waals surface area contributed by atoms with Gasteiger partial charge in [0, 0.05) is 18.2 Å². The maximum Gasteiger partial charge on any atom is 0.416 e. The normalized spacial score (nSPS) is 22.7. The molecule has 0 bridgehead atoms. The van der Waals surface area contributed by atoms with Gasteiger partial charge in [-0.1, -0.05) is 17.3 Å². The van der Waals surface area contributed by atoms with E-state index >= 15 is 0 Å². The summed E-state index contributed by atoms with van der Waals surface area (Å²) >= 11 is 0. The first-order chi connectivity index (χ1) is 11.3. The first-order valence-electron chi connectivity index (χ1n) is 7.69. The smallest absolute Gasteiger partial charge is 0.376 e. The molecule has 24 heavy (non-hydrogen) atoms. The summed E-state index contributed by atoms with van der Waals surface area (Å²) in [5.74, 6) is 0.721. The van der Waals surface area contributed by atoms with Crippen LogP contribution in [0.25, 0.3) is 11.4 Å². The third kappa shape index (κ3) is 3.76. The Balaban J connectivity index is 1.71. The van der Waals surface area contributed by atoms with Crippen LogP contribution in [-0.4, -0.2) is 40.3 Å². The van der Waals surface area contributed by atoms with E-state index in [2.05, 4.69) is 22.0 Å². The molecule has 0 N–H and O–H groups in total. The standard InChI is InChI=1S/C16H18F3N3O2/c1-10-9-23-11(2)7-22(10)8-14-20-15(21-24-14)12-3-5-13(6-4-12)16(17,18)19/h3-6,10-11H,7-9H2,1-2H3/t10-,11+/m1/s1. The van der Waals surface area contributed by atoms with E-state index in [4.69, 9.17) is 9.26 Å². The second kappa shape index (κ2) is 6.52. The van der Waals surface area contributed by atoms with E-state index in [-0.39, 0.29) is 18.0 Å². The lowest BCUT2D eigenvalue weighted by molar-refractivity contribution is -0.137. The average Bonchev–Trinajstić information content (AvgIpc) is 2.99. The molecule has 2 atom stereocenters. The minimum atomic E-state index is -4.36. The van der Waals surface area contributed by atoms with Crippen molar-refractivity contribution in [1.82, 2.24) is 15.0 Å². The van der Waals surface area contributed by atoms with Crippen molar-refractivity contribution in [3.8, 4) is 11.4 Å². The monoisotopic (exact) mass is 341 g/mol. The van der Waals surface area contributed by atoms with Gasteiger partial charge in [-0.05, 0) is 26.0 Å². The number of rotatable bonds is 3. The summed E-state index contributed by atoms with van der Waals surface area (Å²) in [5, 5.41) is 3.86. The fraction of sp³-hybridized carbons (Fsp3) is 0.500. The molecule has 3 rings (SSSR count). The molecular formula is C16H18F3N3O2. The Hall–Kier alpha value is -1.93.